The van der Waals surface area contributed by atoms with Crippen molar-refractivity contribution >= 4 is 63.8 Å². The predicted molar refractivity (Wildman–Crippen MR) is 128 cm³/mol. The van der Waals surface area contributed by atoms with E-state index in [9.17, 15) is 9.18 Å². The smallest absolute Gasteiger partial charge is 0.331 e. The Kier molecular flexibility index (Phi) is 11.4. The molecule has 2 aromatic rings. The lowest BCUT2D eigenvalue weighted by molar-refractivity contribution is -0.137. The maximum atomic E-state index is 13.1. The maximum absolute atomic E-state index is 13.1. The van der Waals surface area contributed by atoms with E-state index in [2.05, 4.69) is 0 Å². The van der Waals surface area contributed by atoms with Gasteiger partial charge in [-0.05, 0) is 61.6 Å². The van der Waals surface area contributed by atoms with Crippen LogP contribution >= 0.6 is 47.1 Å². The van der Waals surface area contributed by atoms with Gasteiger partial charge in [-0.15, -0.1) is 35.3 Å². The third-order valence-electron chi connectivity index (χ3n) is 3.73. The molecule has 0 atom stereocenters. The quantitative estimate of drug-likeness (QED) is 0.105. The van der Waals surface area contributed by atoms with Gasteiger partial charge < -0.3 is 10.5 Å². The third-order valence-corrected chi connectivity index (χ3v) is 5.74. The van der Waals surface area contributed by atoms with Crippen LogP contribution in [0, 0.1) is 11.2 Å². The van der Waals surface area contributed by atoms with E-state index in [4.69, 9.17) is 15.9 Å². The molecule has 1 aromatic carbocycles. The fourth-order valence-electron chi connectivity index (χ4n) is 2.47. The molecule has 0 unspecified atom stereocenters. The van der Waals surface area contributed by atoms with Crippen LogP contribution in [-0.4, -0.2) is 23.5 Å². The molecule has 0 amide bonds. The number of nitrogens with one attached hydrogen (secondary N) is 1. The van der Waals surface area contributed by atoms with Gasteiger partial charge in [0.1, 0.15) is 5.82 Å². The van der Waals surface area contributed by atoms with Crippen molar-refractivity contribution in [3.05, 3.63) is 53.2 Å². The van der Waals surface area contributed by atoms with Gasteiger partial charge in [0.05, 0.1) is 6.61 Å². The Morgan fingerprint density at radius 2 is 1.96 bits per heavy atom. The molecule has 0 radical (unpaired) electrons. The molecule has 0 saturated carbocycles. The van der Waals surface area contributed by atoms with E-state index < -0.39 is 0 Å². The number of hydrogen-bond donors (Lipinski definition) is 2. The van der Waals surface area contributed by atoms with Gasteiger partial charge in [-0.2, -0.15) is 0 Å². The Hall–Kier alpha value is -1.39. The largest absolute Gasteiger partial charge is 0.463 e. The van der Waals surface area contributed by atoms with Crippen molar-refractivity contribution in [2.75, 3.05) is 12.4 Å². The second-order valence-electron chi connectivity index (χ2n) is 5.76. The lowest BCUT2D eigenvalue weighted by Gasteiger charge is -2.06. The molecule has 1 aromatic heterocycles. The number of carbonyl (C=O) groups is 1. The molecule has 0 fully saturated rings. The van der Waals surface area contributed by atoms with Crippen molar-refractivity contribution < 1.29 is 13.9 Å². The minimum atomic E-state index is -0.345. The predicted octanol–water partition coefficient (Wildman–Crippen LogP) is 5.92. The number of nitrogens with two attached hydrogens (primary N) is 1. The molecule has 3 N–H and O–H groups in total. The number of benzene rings is 1. The van der Waals surface area contributed by atoms with Gasteiger partial charge in [0.25, 0.3) is 0 Å². The fraction of sp³-hybridized carbons (Fsp3) is 0.300. The van der Waals surface area contributed by atoms with Crippen LogP contribution in [0.2, 0.25) is 0 Å². The van der Waals surface area contributed by atoms with E-state index in [0.29, 0.717) is 6.61 Å². The number of ether oxygens (including phenoxy) is 1. The molecule has 2 rings (SSSR count). The first kappa shape index (κ1) is 24.6. The van der Waals surface area contributed by atoms with Crippen LogP contribution in [0.15, 0.2) is 42.5 Å². The molecule has 28 heavy (non-hydrogen) atoms. The topological polar surface area (TPSA) is 76.2 Å². The Labute approximate surface area is 190 Å². The first-order valence-corrected chi connectivity index (χ1v) is 10.5. The van der Waals surface area contributed by atoms with E-state index in [0.717, 1.165) is 45.9 Å². The minimum Gasteiger partial charge on any atom is -0.463 e. The second-order valence-corrected chi connectivity index (χ2v) is 7.98. The highest BCUT2D eigenvalue weighted by Gasteiger charge is 2.10. The standard InChI is InChI=1S/C20H23FN2O2S2.HI/c1-2-25-19(24)13-15(5-3-4-12-26-20(22)23)18-11-10-17(27-18)14-6-8-16(21)9-7-14;/h6-11,13H,2-5,12H2,1H3,(H3,22,23);1H. The monoisotopic (exact) mass is 534 g/mol. The summed E-state index contributed by atoms with van der Waals surface area (Å²) in [5.41, 5.74) is 7.22. The van der Waals surface area contributed by atoms with Crippen LogP contribution in [0.25, 0.3) is 16.0 Å². The Balaban J connectivity index is 0.00000392. The number of unbranched alkanes of at least 4 members (excludes halogenated alkanes) is 1. The highest BCUT2D eigenvalue weighted by Crippen LogP contribution is 2.34. The van der Waals surface area contributed by atoms with E-state index in [1.54, 1.807) is 36.5 Å². The van der Waals surface area contributed by atoms with Gasteiger partial charge in [0, 0.05) is 21.6 Å². The van der Waals surface area contributed by atoms with Gasteiger partial charge >= 0.3 is 5.97 Å². The van der Waals surface area contributed by atoms with Crippen LogP contribution in [0.3, 0.4) is 0 Å². The molecular formula is C20H24FIN2O2S2. The normalized spacial score (nSPS) is 11.0. The van der Waals surface area contributed by atoms with Crippen LogP contribution in [0.4, 0.5) is 4.39 Å². The van der Waals surface area contributed by atoms with E-state index in [-0.39, 0.29) is 40.9 Å². The molecular weight excluding hydrogens is 510 g/mol. The van der Waals surface area contributed by atoms with Crippen molar-refractivity contribution in [2.24, 2.45) is 5.73 Å². The van der Waals surface area contributed by atoms with E-state index in [1.807, 2.05) is 12.1 Å². The van der Waals surface area contributed by atoms with Crippen molar-refractivity contribution in [1.29, 1.82) is 5.41 Å². The van der Waals surface area contributed by atoms with Crippen LogP contribution in [0.5, 0.6) is 0 Å². The molecule has 0 bridgehead atoms. The molecule has 152 valence electrons. The minimum absolute atomic E-state index is 0. The van der Waals surface area contributed by atoms with Crippen molar-refractivity contribution in [2.45, 2.75) is 26.2 Å². The lowest BCUT2D eigenvalue weighted by atomic mass is 10.1. The second kappa shape index (κ2) is 12.9. The molecule has 1 heterocycles. The zero-order valence-corrected chi connectivity index (χ0v) is 19.5. The van der Waals surface area contributed by atoms with Gasteiger partial charge in [0.2, 0.25) is 0 Å². The van der Waals surface area contributed by atoms with E-state index in [1.165, 1.54) is 23.9 Å². The first-order valence-electron chi connectivity index (χ1n) is 8.70. The summed E-state index contributed by atoms with van der Waals surface area (Å²) in [5.74, 6) is 0.178. The highest BCUT2D eigenvalue weighted by atomic mass is 127. The maximum Gasteiger partial charge on any atom is 0.331 e. The number of esters is 1. The first-order chi connectivity index (χ1) is 13.0. The summed E-state index contributed by atoms with van der Waals surface area (Å²) in [6.45, 7) is 2.12. The Morgan fingerprint density at radius 1 is 1.25 bits per heavy atom. The number of thioether (sulfide) groups is 1. The molecule has 0 aliphatic rings. The summed E-state index contributed by atoms with van der Waals surface area (Å²) in [6.07, 6.45) is 4.08. The number of thiophene rings is 1. The molecule has 0 aliphatic carbocycles. The van der Waals surface area contributed by atoms with Crippen molar-refractivity contribution in [3.8, 4) is 10.4 Å². The summed E-state index contributed by atoms with van der Waals surface area (Å²) in [7, 11) is 0. The summed E-state index contributed by atoms with van der Waals surface area (Å²) < 4.78 is 18.2. The number of hydrogen-bond acceptors (Lipinski definition) is 5. The van der Waals surface area contributed by atoms with Crippen LogP contribution < -0.4 is 5.73 Å². The van der Waals surface area contributed by atoms with Crippen LogP contribution in [0.1, 0.15) is 31.1 Å². The zero-order chi connectivity index (χ0) is 19.6. The SMILES string of the molecule is CCOC(=O)C=C(CCCCSC(=N)N)c1ccc(-c2ccc(F)cc2)s1.I. The lowest BCUT2D eigenvalue weighted by Crippen LogP contribution is -2.04. The summed E-state index contributed by atoms with van der Waals surface area (Å²) >= 11 is 2.90. The third kappa shape index (κ3) is 8.32. The van der Waals surface area contributed by atoms with Gasteiger partial charge in [0.15, 0.2) is 5.17 Å². The number of rotatable bonds is 9. The molecule has 4 nitrogen and oxygen atoms in total. The van der Waals surface area contributed by atoms with E-state index >= 15 is 0 Å². The number of carbonyl (C=O) groups excluding carboxylic acids is 1. The molecule has 0 aliphatic heterocycles. The van der Waals surface area contributed by atoms with Crippen molar-refractivity contribution in [3.63, 3.8) is 0 Å². The fourth-order valence-corrected chi connectivity index (χ4v) is 4.10. The van der Waals surface area contributed by atoms with Gasteiger partial charge in [-0.25, -0.2) is 9.18 Å². The van der Waals surface area contributed by atoms with Crippen molar-refractivity contribution in [1.82, 2.24) is 0 Å². The summed E-state index contributed by atoms with van der Waals surface area (Å²) in [5, 5.41) is 7.36. The van der Waals surface area contributed by atoms with Gasteiger partial charge in [-0.1, -0.05) is 23.9 Å². The van der Waals surface area contributed by atoms with Crippen LogP contribution in [-0.2, 0) is 9.53 Å². The molecule has 0 saturated heterocycles. The Morgan fingerprint density at radius 3 is 2.61 bits per heavy atom. The highest BCUT2D eigenvalue weighted by molar-refractivity contribution is 14.0. The van der Waals surface area contributed by atoms with Gasteiger partial charge in [-0.3, -0.25) is 5.41 Å². The average Bonchev–Trinajstić information content (AvgIpc) is 3.11. The summed E-state index contributed by atoms with van der Waals surface area (Å²) in [6, 6.07) is 10.3. The molecule has 8 heteroatoms. The number of halogens is 2. The number of amidine groups is 1. The average molecular weight is 534 g/mol. The zero-order valence-electron chi connectivity index (χ0n) is 15.6. The Bertz CT molecular complexity index is 807. The number of allylic oxidation sites excluding steroid dienone is 1. The summed E-state index contributed by atoms with van der Waals surface area (Å²) in [4.78, 5) is 14.0. The molecule has 0 spiro atoms.